The zero-order valence-corrected chi connectivity index (χ0v) is 9.27. The minimum atomic E-state index is -0.648. The van der Waals surface area contributed by atoms with Gasteiger partial charge >= 0.3 is 5.97 Å². The van der Waals surface area contributed by atoms with Gasteiger partial charge in [0.15, 0.2) is 0 Å². The molecule has 0 fully saturated rings. The minimum absolute atomic E-state index is 0.260. The van der Waals surface area contributed by atoms with Crippen molar-refractivity contribution in [3.63, 3.8) is 0 Å². The Labute approximate surface area is 93.8 Å². The highest BCUT2D eigenvalue weighted by Crippen LogP contribution is 2.03. The van der Waals surface area contributed by atoms with Crippen LogP contribution in [-0.2, 0) is 20.7 Å². The zero-order chi connectivity index (χ0) is 12.0. The number of pyridine rings is 1. The van der Waals surface area contributed by atoms with Crippen LogP contribution in [-0.4, -0.2) is 30.0 Å². The first-order valence-electron chi connectivity index (χ1n) is 4.87. The highest BCUT2D eigenvalue weighted by molar-refractivity contribution is 5.83. The van der Waals surface area contributed by atoms with E-state index in [2.05, 4.69) is 15.0 Å². The van der Waals surface area contributed by atoms with Crippen molar-refractivity contribution in [1.29, 1.82) is 0 Å². The molecule has 1 amide bonds. The average Bonchev–Trinajstić information content (AvgIpc) is 2.28. The Bertz CT molecular complexity index is 365. The van der Waals surface area contributed by atoms with Gasteiger partial charge in [0.05, 0.1) is 7.11 Å². The SMILES string of the molecule is COC(=O)C(Cc1ccncc1)NC(C)=O. The number of rotatable bonds is 4. The summed E-state index contributed by atoms with van der Waals surface area (Å²) >= 11 is 0. The van der Waals surface area contributed by atoms with E-state index >= 15 is 0 Å². The van der Waals surface area contributed by atoms with Crippen molar-refractivity contribution < 1.29 is 14.3 Å². The van der Waals surface area contributed by atoms with Crippen LogP contribution < -0.4 is 5.32 Å². The van der Waals surface area contributed by atoms with Crippen molar-refractivity contribution in [3.8, 4) is 0 Å². The van der Waals surface area contributed by atoms with E-state index in [0.29, 0.717) is 6.42 Å². The first-order chi connectivity index (χ1) is 7.63. The molecule has 1 atom stereocenters. The van der Waals surface area contributed by atoms with Gasteiger partial charge in [-0.05, 0) is 17.7 Å². The molecule has 1 aromatic heterocycles. The molecule has 1 N–H and O–H groups in total. The summed E-state index contributed by atoms with van der Waals surface area (Å²) in [6, 6.07) is 2.93. The fourth-order valence-corrected chi connectivity index (χ4v) is 1.34. The Hall–Kier alpha value is -1.91. The van der Waals surface area contributed by atoms with Crippen molar-refractivity contribution in [3.05, 3.63) is 30.1 Å². The van der Waals surface area contributed by atoms with E-state index < -0.39 is 12.0 Å². The van der Waals surface area contributed by atoms with Crippen LogP contribution in [0.3, 0.4) is 0 Å². The van der Waals surface area contributed by atoms with Crippen LogP contribution in [0.15, 0.2) is 24.5 Å². The normalized spacial score (nSPS) is 11.6. The third-order valence-electron chi connectivity index (χ3n) is 2.05. The molecule has 1 unspecified atom stereocenters. The number of nitrogens with one attached hydrogen (secondary N) is 1. The van der Waals surface area contributed by atoms with Gasteiger partial charge in [0.25, 0.3) is 0 Å². The van der Waals surface area contributed by atoms with Gasteiger partial charge in [0.1, 0.15) is 6.04 Å². The lowest BCUT2D eigenvalue weighted by molar-refractivity contribution is -0.144. The summed E-state index contributed by atoms with van der Waals surface area (Å²) in [5.74, 6) is -0.712. The number of carbonyl (C=O) groups is 2. The number of esters is 1. The van der Waals surface area contributed by atoms with Crippen molar-refractivity contribution in [2.24, 2.45) is 0 Å². The molecule has 5 heteroatoms. The van der Waals surface area contributed by atoms with E-state index in [1.807, 2.05) is 0 Å². The zero-order valence-electron chi connectivity index (χ0n) is 9.27. The monoisotopic (exact) mass is 222 g/mol. The molecule has 0 aliphatic carbocycles. The molecule has 0 aromatic carbocycles. The van der Waals surface area contributed by atoms with Crippen molar-refractivity contribution in [1.82, 2.24) is 10.3 Å². The van der Waals surface area contributed by atoms with Crippen LogP contribution in [0.1, 0.15) is 12.5 Å². The summed E-state index contributed by atoms with van der Waals surface area (Å²) in [6.45, 7) is 1.36. The van der Waals surface area contributed by atoms with Gasteiger partial charge in [-0.1, -0.05) is 0 Å². The van der Waals surface area contributed by atoms with Crippen LogP contribution in [0.5, 0.6) is 0 Å². The van der Waals surface area contributed by atoms with Crippen molar-refractivity contribution >= 4 is 11.9 Å². The van der Waals surface area contributed by atoms with E-state index in [0.717, 1.165) is 5.56 Å². The lowest BCUT2D eigenvalue weighted by Gasteiger charge is -2.15. The summed E-state index contributed by atoms with van der Waals surface area (Å²) in [5.41, 5.74) is 0.916. The predicted octanol–water partition coefficient (Wildman–Crippen LogP) is 0.302. The molecule has 0 aliphatic rings. The maximum Gasteiger partial charge on any atom is 0.328 e. The summed E-state index contributed by atoms with van der Waals surface area (Å²) in [6.07, 6.45) is 3.67. The van der Waals surface area contributed by atoms with Gasteiger partial charge in [-0.2, -0.15) is 0 Å². The molecule has 1 heterocycles. The summed E-state index contributed by atoms with van der Waals surface area (Å²) in [7, 11) is 1.30. The number of ether oxygens (including phenoxy) is 1. The summed E-state index contributed by atoms with van der Waals surface area (Å²) < 4.78 is 4.62. The second-order valence-electron chi connectivity index (χ2n) is 3.34. The standard InChI is InChI=1S/C11H14N2O3/c1-8(14)13-10(11(15)16-2)7-9-3-5-12-6-4-9/h3-6,10H,7H2,1-2H3,(H,13,14). The molecule has 0 bridgehead atoms. The topological polar surface area (TPSA) is 68.3 Å². The van der Waals surface area contributed by atoms with Crippen LogP contribution in [0.25, 0.3) is 0 Å². The molecular weight excluding hydrogens is 208 g/mol. The fourth-order valence-electron chi connectivity index (χ4n) is 1.34. The molecule has 1 aromatic rings. The van der Waals surface area contributed by atoms with E-state index in [9.17, 15) is 9.59 Å². The fraction of sp³-hybridized carbons (Fsp3) is 0.364. The molecule has 1 rings (SSSR count). The second kappa shape index (κ2) is 5.85. The predicted molar refractivity (Wildman–Crippen MR) is 57.6 cm³/mol. The molecular formula is C11H14N2O3. The smallest absolute Gasteiger partial charge is 0.328 e. The highest BCUT2D eigenvalue weighted by Gasteiger charge is 2.20. The van der Waals surface area contributed by atoms with Gasteiger partial charge in [-0.15, -0.1) is 0 Å². The number of amides is 1. The molecule has 0 saturated heterocycles. The van der Waals surface area contributed by atoms with Gasteiger partial charge < -0.3 is 10.1 Å². The number of hydrogen-bond donors (Lipinski definition) is 1. The number of nitrogens with zero attached hydrogens (tertiary/aromatic N) is 1. The van der Waals surface area contributed by atoms with Gasteiger partial charge in [0.2, 0.25) is 5.91 Å². The van der Waals surface area contributed by atoms with Gasteiger partial charge in [-0.25, -0.2) is 4.79 Å². The Morgan fingerprint density at radius 1 is 1.44 bits per heavy atom. The second-order valence-corrected chi connectivity index (χ2v) is 3.34. The lowest BCUT2D eigenvalue weighted by Crippen LogP contribution is -2.41. The van der Waals surface area contributed by atoms with Crippen LogP contribution in [0.2, 0.25) is 0 Å². The molecule has 0 radical (unpaired) electrons. The number of carbonyl (C=O) groups excluding carboxylic acids is 2. The molecule has 0 aliphatic heterocycles. The van der Waals surface area contributed by atoms with E-state index in [1.54, 1.807) is 24.5 Å². The minimum Gasteiger partial charge on any atom is -0.467 e. The Kier molecular flexibility index (Phi) is 4.44. The third-order valence-corrected chi connectivity index (χ3v) is 2.05. The Morgan fingerprint density at radius 3 is 2.56 bits per heavy atom. The summed E-state index contributed by atoms with van der Waals surface area (Å²) in [4.78, 5) is 26.2. The van der Waals surface area contributed by atoms with Crippen LogP contribution in [0, 0.1) is 0 Å². The largest absolute Gasteiger partial charge is 0.467 e. The van der Waals surface area contributed by atoms with Crippen LogP contribution >= 0.6 is 0 Å². The van der Waals surface area contributed by atoms with Gasteiger partial charge in [0, 0.05) is 25.7 Å². The first-order valence-corrected chi connectivity index (χ1v) is 4.87. The van der Waals surface area contributed by atoms with E-state index in [1.165, 1.54) is 14.0 Å². The molecule has 86 valence electrons. The molecule has 16 heavy (non-hydrogen) atoms. The number of aromatic nitrogens is 1. The van der Waals surface area contributed by atoms with Gasteiger partial charge in [-0.3, -0.25) is 9.78 Å². The maximum absolute atomic E-state index is 11.4. The maximum atomic E-state index is 11.4. The average molecular weight is 222 g/mol. The first kappa shape index (κ1) is 12.2. The highest BCUT2D eigenvalue weighted by atomic mass is 16.5. The number of methoxy groups -OCH3 is 1. The third kappa shape index (κ3) is 3.68. The van der Waals surface area contributed by atoms with Crippen LogP contribution in [0.4, 0.5) is 0 Å². The van der Waals surface area contributed by atoms with E-state index in [4.69, 9.17) is 0 Å². The molecule has 0 saturated carbocycles. The lowest BCUT2D eigenvalue weighted by atomic mass is 10.1. The number of hydrogen-bond acceptors (Lipinski definition) is 4. The summed E-state index contributed by atoms with van der Waals surface area (Å²) in [5, 5.41) is 2.55. The quantitative estimate of drug-likeness (QED) is 0.744. The Morgan fingerprint density at radius 2 is 2.06 bits per heavy atom. The molecule has 0 spiro atoms. The van der Waals surface area contributed by atoms with E-state index in [-0.39, 0.29) is 5.91 Å². The Balaban J connectivity index is 2.70. The van der Waals surface area contributed by atoms with Crippen molar-refractivity contribution in [2.75, 3.05) is 7.11 Å². The van der Waals surface area contributed by atoms with Crippen molar-refractivity contribution in [2.45, 2.75) is 19.4 Å². The molecule has 5 nitrogen and oxygen atoms in total.